The predicted molar refractivity (Wildman–Crippen MR) is 73.5 cm³/mol. The lowest BCUT2D eigenvalue weighted by Crippen LogP contribution is -2.37. The quantitative estimate of drug-likeness (QED) is 0.741. The fourth-order valence-electron chi connectivity index (χ4n) is 2.40. The number of rotatable bonds is 7. The Labute approximate surface area is 115 Å². The summed E-state index contributed by atoms with van der Waals surface area (Å²) in [5.41, 5.74) is 0. The van der Waals surface area contributed by atoms with Crippen LogP contribution in [0.5, 0.6) is 0 Å². The van der Waals surface area contributed by atoms with Crippen LogP contribution in [0.4, 0.5) is 0 Å². The number of ketones is 1. The molecule has 2 N–H and O–H groups in total. The Kier molecular flexibility index (Phi) is 6.01. The van der Waals surface area contributed by atoms with Gasteiger partial charge in [0, 0.05) is 31.3 Å². The summed E-state index contributed by atoms with van der Waals surface area (Å²) < 4.78 is 5.87. The third kappa shape index (κ3) is 4.32. The molecule has 19 heavy (non-hydrogen) atoms. The van der Waals surface area contributed by atoms with E-state index in [-0.39, 0.29) is 36.2 Å². The number of hydrogen-bond acceptors (Lipinski definition) is 4. The number of ether oxygens (including phenoxy) is 1. The van der Waals surface area contributed by atoms with Gasteiger partial charge in [0.2, 0.25) is 0 Å². The van der Waals surface area contributed by atoms with Gasteiger partial charge in [0.1, 0.15) is 11.9 Å². The molecule has 0 bridgehead atoms. The van der Waals surface area contributed by atoms with Crippen molar-refractivity contribution in [2.45, 2.75) is 52.7 Å². The molecule has 0 aromatic rings. The average Bonchev–Trinajstić information content (AvgIpc) is 2.78. The molecule has 0 amide bonds. The summed E-state index contributed by atoms with van der Waals surface area (Å²) in [7, 11) is 0. The Balaban J connectivity index is 2.75. The first-order valence-corrected chi connectivity index (χ1v) is 7.02. The van der Waals surface area contributed by atoms with Crippen LogP contribution < -0.4 is 0 Å². The summed E-state index contributed by atoms with van der Waals surface area (Å²) in [4.78, 5) is 11.0. The minimum Gasteiger partial charge on any atom is -0.494 e. The van der Waals surface area contributed by atoms with E-state index in [0.29, 0.717) is 12.8 Å². The minimum absolute atomic E-state index is 0.0426. The first kappa shape index (κ1) is 16.2. The molecule has 0 radical (unpaired) electrons. The maximum absolute atomic E-state index is 11.0. The van der Waals surface area contributed by atoms with Crippen LogP contribution in [0.25, 0.3) is 0 Å². The zero-order valence-corrected chi connectivity index (χ0v) is 12.3. The molecule has 110 valence electrons. The summed E-state index contributed by atoms with van der Waals surface area (Å²) in [5, 5.41) is 19.4. The van der Waals surface area contributed by atoms with E-state index in [9.17, 15) is 9.90 Å². The average molecular weight is 270 g/mol. The smallest absolute Gasteiger partial charge is 0.130 e. The van der Waals surface area contributed by atoms with Crippen LogP contribution in [0.15, 0.2) is 11.8 Å². The van der Waals surface area contributed by atoms with Crippen LogP contribution in [0.2, 0.25) is 0 Å². The van der Waals surface area contributed by atoms with Crippen LogP contribution in [0.1, 0.15) is 40.5 Å². The van der Waals surface area contributed by atoms with Crippen molar-refractivity contribution in [2.24, 2.45) is 17.8 Å². The van der Waals surface area contributed by atoms with Gasteiger partial charge in [-0.25, -0.2) is 0 Å². The first-order chi connectivity index (χ1) is 8.86. The number of aliphatic hydroxyl groups is 2. The highest BCUT2D eigenvalue weighted by atomic mass is 16.5. The lowest BCUT2D eigenvalue weighted by molar-refractivity contribution is -0.117. The summed E-state index contributed by atoms with van der Waals surface area (Å²) in [6.45, 7) is 7.45. The SMILES string of the molecule is CC(=O)CCC1=CC(C(O)C(C)CO)C(C(C)C)O1. The van der Waals surface area contributed by atoms with Crippen LogP contribution in [-0.2, 0) is 9.53 Å². The van der Waals surface area contributed by atoms with Gasteiger partial charge in [-0.05, 0) is 18.9 Å². The van der Waals surface area contributed by atoms with Gasteiger partial charge in [-0.3, -0.25) is 0 Å². The van der Waals surface area contributed by atoms with Gasteiger partial charge < -0.3 is 19.7 Å². The second-order valence-corrected chi connectivity index (χ2v) is 5.89. The van der Waals surface area contributed by atoms with E-state index in [4.69, 9.17) is 9.84 Å². The Morgan fingerprint density at radius 2 is 2.05 bits per heavy atom. The monoisotopic (exact) mass is 270 g/mol. The number of Topliss-reactive ketones (excluding diaryl/α,β-unsaturated/α-hetero) is 1. The van der Waals surface area contributed by atoms with Crippen molar-refractivity contribution in [2.75, 3.05) is 6.61 Å². The highest BCUT2D eigenvalue weighted by Crippen LogP contribution is 2.35. The topological polar surface area (TPSA) is 66.8 Å². The molecule has 4 nitrogen and oxygen atoms in total. The molecule has 0 saturated carbocycles. The molecule has 0 spiro atoms. The van der Waals surface area contributed by atoms with Gasteiger partial charge in [0.15, 0.2) is 0 Å². The van der Waals surface area contributed by atoms with Gasteiger partial charge >= 0.3 is 0 Å². The number of aliphatic hydroxyl groups excluding tert-OH is 2. The van der Waals surface area contributed by atoms with Crippen molar-refractivity contribution in [3.05, 3.63) is 11.8 Å². The molecule has 1 aliphatic rings. The summed E-state index contributed by atoms with van der Waals surface area (Å²) >= 11 is 0. The van der Waals surface area contributed by atoms with Crippen molar-refractivity contribution in [3.8, 4) is 0 Å². The van der Waals surface area contributed by atoms with E-state index in [0.717, 1.165) is 5.76 Å². The second kappa shape index (κ2) is 7.06. The number of carbonyl (C=O) groups is 1. The third-order valence-corrected chi connectivity index (χ3v) is 3.69. The molecule has 0 aromatic carbocycles. The molecule has 1 aliphatic heterocycles. The highest BCUT2D eigenvalue weighted by Gasteiger charge is 2.38. The maximum Gasteiger partial charge on any atom is 0.130 e. The zero-order valence-electron chi connectivity index (χ0n) is 12.3. The minimum atomic E-state index is -0.618. The summed E-state index contributed by atoms with van der Waals surface area (Å²) in [6, 6.07) is 0. The molecule has 0 aromatic heterocycles. The van der Waals surface area contributed by atoms with E-state index in [1.54, 1.807) is 6.92 Å². The van der Waals surface area contributed by atoms with Crippen LogP contribution in [0, 0.1) is 17.8 Å². The summed E-state index contributed by atoms with van der Waals surface area (Å²) in [5.74, 6) is 0.917. The van der Waals surface area contributed by atoms with Gasteiger partial charge in [0.05, 0.1) is 11.9 Å². The van der Waals surface area contributed by atoms with Gasteiger partial charge in [-0.15, -0.1) is 0 Å². The van der Waals surface area contributed by atoms with E-state index < -0.39 is 6.10 Å². The van der Waals surface area contributed by atoms with E-state index in [2.05, 4.69) is 13.8 Å². The second-order valence-electron chi connectivity index (χ2n) is 5.89. The highest BCUT2D eigenvalue weighted by molar-refractivity contribution is 5.75. The number of allylic oxidation sites excluding steroid dienone is 1. The Hall–Kier alpha value is -0.870. The van der Waals surface area contributed by atoms with Crippen LogP contribution >= 0.6 is 0 Å². The Morgan fingerprint density at radius 1 is 1.42 bits per heavy atom. The van der Waals surface area contributed by atoms with Gasteiger partial charge in [0.25, 0.3) is 0 Å². The molecular formula is C15H26O4. The lowest BCUT2D eigenvalue weighted by Gasteiger charge is -2.29. The van der Waals surface area contributed by atoms with Crippen molar-refractivity contribution < 1.29 is 19.7 Å². The molecular weight excluding hydrogens is 244 g/mol. The van der Waals surface area contributed by atoms with Crippen LogP contribution in [-0.4, -0.2) is 34.8 Å². The molecule has 0 aliphatic carbocycles. The van der Waals surface area contributed by atoms with Crippen molar-refractivity contribution in [1.82, 2.24) is 0 Å². The Morgan fingerprint density at radius 3 is 2.53 bits per heavy atom. The molecule has 1 heterocycles. The Bertz CT molecular complexity index is 335. The predicted octanol–water partition coefficient (Wildman–Crippen LogP) is 1.90. The third-order valence-electron chi connectivity index (χ3n) is 3.69. The first-order valence-electron chi connectivity index (χ1n) is 7.02. The van der Waals surface area contributed by atoms with E-state index in [1.165, 1.54) is 0 Å². The van der Waals surface area contributed by atoms with Gasteiger partial charge in [-0.1, -0.05) is 20.8 Å². The maximum atomic E-state index is 11.0. The molecule has 4 heteroatoms. The fourth-order valence-corrected chi connectivity index (χ4v) is 2.40. The standard InChI is InChI=1S/C15H26O4/c1-9(2)15-13(14(18)10(3)8-16)7-12(19-15)6-5-11(4)17/h7,9-10,13-16,18H,5-6,8H2,1-4H3. The fraction of sp³-hybridized carbons (Fsp3) is 0.800. The van der Waals surface area contributed by atoms with E-state index >= 15 is 0 Å². The molecule has 4 unspecified atom stereocenters. The molecule has 1 rings (SSSR count). The largest absolute Gasteiger partial charge is 0.494 e. The van der Waals surface area contributed by atoms with Crippen LogP contribution in [0.3, 0.4) is 0 Å². The molecule has 0 fully saturated rings. The summed E-state index contributed by atoms with van der Waals surface area (Å²) in [6.07, 6.45) is 2.30. The zero-order chi connectivity index (χ0) is 14.6. The normalized spacial score (nSPS) is 25.9. The van der Waals surface area contributed by atoms with Crippen molar-refractivity contribution in [1.29, 1.82) is 0 Å². The number of hydrogen-bond donors (Lipinski definition) is 2. The number of carbonyl (C=O) groups excluding carboxylic acids is 1. The molecule has 4 atom stereocenters. The van der Waals surface area contributed by atoms with Crippen molar-refractivity contribution >= 4 is 5.78 Å². The molecule has 0 saturated heterocycles. The van der Waals surface area contributed by atoms with E-state index in [1.807, 2.05) is 13.0 Å². The lowest BCUT2D eigenvalue weighted by atomic mass is 9.84. The van der Waals surface area contributed by atoms with Crippen molar-refractivity contribution in [3.63, 3.8) is 0 Å². The van der Waals surface area contributed by atoms with Gasteiger partial charge in [-0.2, -0.15) is 0 Å².